The van der Waals surface area contributed by atoms with Crippen LogP contribution in [0.1, 0.15) is 31.2 Å². The van der Waals surface area contributed by atoms with E-state index in [1.165, 1.54) is 15.7 Å². The van der Waals surface area contributed by atoms with Gasteiger partial charge in [0.1, 0.15) is 0 Å². The van der Waals surface area contributed by atoms with E-state index in [-0.39, 0.29) is 34.0 Å². The molecule has 1 aromatic carbocycles. The molecule has 158 valence electrons. The number of sulfonamides is 1. The second-order valence-electron chi connectivity index (χ2n) is 7.15. The molecule has 0 saturated heterocycles. The fourth-order valence-electron chi connectivity index (χ4n) is 3.97. The van der Waals surface area contributed by atoms with Gasteiger partial charge < -0.3 is 5.73 Å². The van der Waals surface area contributed by atoms with Crippen LogP contribution in [0.25, 0.3) is 4.96 Å². The van der Waals surface area contributed by atoms with Gasteiger partial charge in [-0.1, -0.05) is 35.3 Å². The van der Waals surface area contributed by atoms with Crippen molar-refractivity contribution < 1.29 is 8.42 Å². The molecule has 0 aliphatic heterocycles. The standard InChI is InChI=1S/C18H20Cl2N4O2S2.ClH/c19-13-3-1-2-12(10-13)18(11-21)6-4-14(5-7-18)23-28(25,26)16-15(20)22-17-24(16)8-9-27-17;/h1-3,8-10,14,23H,4-7,11,21H2;1H/t14-,18+;. The van der Waals surface area contributed by atoms with Crippen LogP contribution < -0.4 is 10.5 Å². The van der Waals surface area contributed by atoms with Crippen molar-refractivity contribution in [3.63, 3.8) is 0 Å². The Morgan fingerprint density at radius 1 is 1.31 bits per heavy atom. The lowest BCUT2D eigenvalue weighted by Gasteiger charge is -2.40. The molecule has 3 N–H and O–H groups in total. The summed E-state index contributed by atoms with van der Waals surface area (Å²) in [7, 11) is -3.79. The number of aromatic nitrogens is 2. The Balaban J connectivity index is 0.00000240. The van der Waals surface area contributed by atoms with Crippen LogP contribution in [0, 0.1) is 0 Å². The Hall–Kier alpha value is -0.870. The molecule has 2 heterocycles. The Morgan fingerprint density at radius 2 is 2.03 bits per heavy atom. The predicted molar refractivity (Wildman–Crippen MR) is 120 cm³/mol. The number of halogens is 3. The molecule has 0 unspecified atom stereocenters. The van der Waals surface area contributed by atoms with Crippen molar-refractivity contribution in [3.8, 4) is 0 Å². The van der Waals surface area contributed by atoms with Gasteiger partial charge in [-0.25, -0.2) is 18.1 Å². The van der Waals surface area contributed by atoms with E-state index >= 15 is 0 Å². The molecular weight excluding hydrogens is 475 g/mol. The summed E-state index contributed by atoms with van der Waals surface area (Å²) in [5, 5.41) is 2.45. The molecule has 1 fully saturated rings. The Labute approximate surface area is 189 Å². The Bertz CT molecular complexity index is 1110. The van der Waals surface area contributed by atoms with E-state index in [0.717, 1.165) is 18.4 Å². The van der Waals surface area contributed by atoms with Crippen molar-refractivity contribution in [2.75, 3.05) is 6.54 Å². The molecule has 2 aromatic heterocycles. The number of benzene rings is 1. The van der Waals surface area contributed by atoms with Crippen molar-refractivity contribution in [2.45, 2.75) is 42.2 Å². The van der Waals surface area contributed by atoms with Crippen LogP contribution in [0.5, 0.6) is 0 Å². The summed E-state index contributed by atoms with van der Waals surface area (Å²) in [5.41, 5.74) is 7.07. The molecule has 4 rings (SSSR count). The molecular formula is C18H21Cl3N4O2S2. The van der Waals surface area contributed by atoms with Crippen molar-refractivity contribution in [1.82, 2.24) is 14.1 Å². The molecule has 6 nitrogen and oxygen atoms in total. The lowest BCUT2D eigenvalue weighted by molar-refractivity contribution is 0.267. The van der Waals surface area contributed by atoms with Crippen molar-refractivity contribution in [2.24, 2.45) is 5.73 Å². The average Bonchev–Trinajstić information content (AvgIpc) is 3.22. The Morgan fingerprint density at radius 3 is 2.69 bits per heavy atom. The van der Waals surface area contributed by atoms with E-state index in [2.05, 4.69) is 9.71 Å². The second-order valence-corrected chi connectivity index (χ2v) is 10.5. The van der Waals surface area contributed by atoms with Crippen molar-refractivity contribution >= 4 is 61.9 Å². The van der Waals surface area contributed by atoms with Gasteiger partial charge in [-0.2, -0.15) is 0 Å². The summed E-state index contributed by atoms with van der Waals surface area (Å²) >= 11 is 13.6. The number of fused-ring (bicyclic) bond motifs is 1. The molecule has 1 aliphatic carbocycles. The van der Waals surface area contributed by atoms with Crippen LogP contribution in [-0.2, 0) is 15.4 Å². The highest BCUT2D eigenvalue weighted by atomic mass is 35.5. The van der Waals surface area contributed by atoms with Crippen LogP contribution in [0.4, 0.5) is 0 Å². The lowest BCUT2D eigenvalue weighted by Crippen LogP contribution is -2.45. The lowest BCUT2D eigenvalue weighted by atomic mass is 9.68. The van der Waals surface area contributed by atoms with Crippen LogP contribution in [-0.4, -0.2) is 30.4 Å². The molecule has 0 bridgehead atoms. The molecule has 1 aliphatic rings. The van der Waals surface area contributed by atoms with Crippen LogP contribution in [0.2, 0.25) is 10.2 Å². The summed E-state index contributed by atoms with van der Waals surface area (Å²) < 4.78 is 30.2. The monoisotopic (exact) mass is 494 g/mol. The minimum Gasteiger partial charge on any atom is -0.330 e. The number of rotatable bonds is 5. The third kappa shape index (κ3) is 4.30. The molecule has 0 spiro atoms. The molecule has 0 amide bonds. The molecule has 0 atom stereocenters. The zero-order chi connectivity index (χ0) is 19.9. The highest BCUT2D eigenvalue weighted by Gasteiger charge is 2.38. The van der Waals surface area contributed by atoms with E-state index in [9.17, 15) is 8.42 Å². The third-order valence-corrected chi connectivity index (χ3v) is 8.44. The summed E-state index contributed by atoms with van der Waals surface area (Å²) in [6.45, 7) is 0.497. The minimum atomic E-state index is -3.79. The van der Waals surface area contributed by atoms with Gasteiger partial charge >= 0.3 is 0 Å². The van der Waals surface area contributed by atoms with Crippen LogP contribution in [0.15, 0.2) is 40.9 Å². The molecule has 3 aromatic rings. The van der Waals surface area contributed by atoms with Gasteiger partial charge in [0.15, 0.2) is 15.1 Å². The van der Waals surface area contributed by atoms with Crippen LogP contribution >= 0.6 is 46.9 Å². The van der Waals surface area contributed by atoms with E-state index < -0.39 is 10.0 Å². The second kappa shape index (κ2) is 8.70. The fraction of sp³-hybridized carbons (Fsp3) is 0.389. The third-order valence-electron chi connectivity index (χ3n) is 5.53. The average molecular weight is 496 g/mol. The first-order valence-electron chi connectivity index (χ1n) is 8.94. The van der Waals surface area contributed by atoms with E-state index in [1.54, 1.807) is 11.6 Å². The minimum absolute atomic E-state index is 0. The number of thiazole rings is 1. The maximum absolute atomic E-state index is 12.9. The largest absolute Gasteiger partial charge is 0.330 e. The summed E-state index contributed by atoms with van der Waals surface area (Å²) in [5.74, 6) is 0. The SMILES string of the molecule is Cl.NC[C@]1(c2cccc(Cl)c2)CC[C@@H](NS(=O)(=O)c2c(Cl)nc3sccn23)CC1. The molecule has 29 heavy (non-hydrogen) atoms. The van der Waals surface area contributed by atoms with Gasteiger partial charge in [0.25, 0.3) is 10.0 Å². The van der Waals surface area contributed by atoms with Gasteiger partial charge in [0, 0.05) is 34.6 Å². The van der Waals surface area contributed by atoms with Gasteiger partial charge in [-0.3, -0.25) is 4.40 Å². The first-order chi connectivity index (χ1) is 13.3. The Kier molecular flexibility index (Phi) is 6.85. The number of hydrogen-bond donors (Lipinski definition) is 2. The highest BCUT2D eigenvalue weighted by molar-refractivity contribution is 7.89. The number of hydrogen-bond acceptors (Lipinski definition) is 5. The number of nitrogens with one attached hydrogen (secondary N) is 1. The van der Waals surface area contributed by atoms with Gasteiger partial charge in [-0.05, 0) is 43.4 Å². The quantitative estimate of drug-likeness (QED) is 0.554. The topological polar surface area (TPSA) is 89.5 Å². The first-order valence-corrected chi connectivity index (χ1v) is 12.1. The number of nitrogens with zero attached hydrogens (tertiary/aromatic N) is 2. The molecule has 11 heteroatoms. The predicted octanol–water partition coefficient (Wildman–Crippen LogP) is 4.24. The van der Waals surface area contributed by atoms with Gasteiger partial charge in [-0.15, -0.1) is 23.7 Å². The van der Waals surface area contributed by atoms with Crippen molar-refractivity contribution in [1.29, 1.82) is 0 Å². The molecule has 1 saturated carbocycles. The maximum atomic E-state index is 12.9. The summed E-state index contributed by atoms with van der Waals surface area (Å²) in [4.78, 5) is 4.67. The van der Waals surface area contributed by atoms with E-state index in [1.807, 2.05) is 24.3 Å². The fourth-order valence-corrected chi connectivity index (χ4v) is 6.92. The highest BCUT2D eigenvalue weighted by Crippen LogP contribution is 2.40. The number of imidazole rings is 1. The normalized spacial score (nSPS) is 22.5. The maximum Gasteiger partial charge on any atom is 0.260 e. The van der Waals surface area contributed by atoms with E-state index in [4.69, 9.17) is 28.9 Å². The zero-order valence-corrected chi connectivity index (χ0v) is 19.3. The molecule has 0 radical (unpaired) electrons. The first kappa shape index (κ1) is 22.8. The smallest absolute Gasteiger partial charge is 0.260 e. The summed E-state index contributed by atoms with van der Waals surface area (Å²) in [6.07, 6.45) is 4.60. The van der Waals surface area contributed by atoms with E-state index in [0.29, 0.717) is 29.4 Å². The summed E-state index contributed by atoms with van der Waals surface area (Å²) in [6, 6.07) is 7.60. The number of nitrogens with two attached hydrogens (primary N) is 1. The zero-order valence-electron chi connectivity index (χ0n) is 15.3. The van der Waals surface area contributed by atoms with Gasteiger partial charge in [0.2, 0.25) is 0 Å². The van der Waals surface area contributed by atoms with Crippen LogP contribution in [0.3, 0.4) is 0 Å². The van der Waals surface area contributed by atoms with Crippen molar-refractivity contribution in [3.05, 3.63) is 51.6 Å². The van der Waals surface area contributed by atoms with Gasteiger partial charge in [0.05, 0.1) is 0 Å².